The molecule has 1 aromatic rings. The maximum Gasteiger partial charge on any atom is 0.341 e. The maximum absolute atomic E-state index is 12.4. The van der Waals surface area contributed by atoms with Gasteiger partial charge < -0.3 is 14.7 Å². The van der Waals surface area contributed by atoms with Crippen LogP contribution in [-0.4, -0.2) is 53.1 Å². The number of carboxylic acid groups (broad SMARTS) is 1. The van der Waals surface area contributed by atoms with Crippen LogP contribution in [0.25, 0.3) is 0 Å². The van der Waals surface area contributed by atoms with Crippen LogP contribution in [0.2, 0.25) is 0 Å². The molecule has 0 aromatic heterocycles. The Morgan fingerprint density at radius 1 is 1.30 bits per heavy atom. The molecule has 1 heterocycles. The van der Waals surface area contributed by atoms with Crippen LogP contribution in [0.5, 0.6) is 5.75 Å². The summed E-state index contributed by atoms with van der Waals surface area (Å²) in [6.45, 7) is 1.12. The zero-order chi connectivity index (χ0) is 14.4. The molecule has 1 saturated heterocycles. The van der Waals surface area contributed by atoms with Gasteiger partial charge in [0.2, 0.25) is 0 Å². The van der Waals surface area contributed by atoms with Crippen LogP contribution in [0.4, 0.5) is 0 Å². The molecule has 1 aliphatic rings. The second-order valence-corrected chi connectivity index (χ2v) is 5.69. The van der Waals surface area contributed by atoms with Gasteiger partial charge in [-0.15, -0.1) is 0 Å². The van der Waals surface area contributed by atoms with E-state index in [-0.39, 0.29) is 5.91 Å². The van der Waals surface area contributed by atoms with Crippen molar-refractivity contribution in [2.45, 2.75) is 6.42 Å². The Bertz CT molecular complexity index is 484. The van der Waals surface area contributed by atoms with Crippen molar-refractivity contribution < 1.29 is 19.4 Å². The van der Waals surface area contributed by atoms with Crippen molar-refractivity contribution in [3.8, 4) is 5.75 Å². The molecule has 108 valence electrons. The number of hydrogen-bond donors (Lipinski definition) is 1. The molecule has 0 aliphatic carbocycles. The van der Waals surface area contributed by atoms with E-state index >= 15 is 0 Å². The van der Waals surface area contributed by atoms with Crippen molar-refractivity contribution in [2.75, 3.05) is 31.2 Å². The molecule has 1 amide bonds. The molecule has 2 rings (SSSR count). The molecule has 6 heteroatoms. The molecule has 0 radical (unpaired) electrons. The maximum atomic E-state index is 12.4. The van der Waals surface area contributed by atoms with E-state index in [9.17, 15) is 9.59 Å². The normalized spacial score (nSPS) is 15.5. The van der Waals surface area contributed by atoms with Crippen molar-refractivity contribution >= 4 is 23.6 Å². The minimum atomic E-state index is -1.04. The lowest BCUT2D eigenvalue weighted by atomic mass is 10.2. The number of benzene rings is 1. The van der Waals surface area contributed by atoms with Crippen LogP contribution in [0.15, 0.2) is 24.3 Å². The lowest BCUT2D eigenvalue weighted by molar-refractivity contribution is -0.139. The Hall–Kier alpha value is -1.69. The summed E-state index contributed by atoms with van der Waals surface area (Å²) < 4.78 is 5.10. The first-order chi connectivity index (χ1) is 9.66. The summed E-state index contributed by atoms with van der Waals surface area (Å²) in [5, 5.41) is 8.59. The molecular formula is C14H17NO4S. The van der Waals surface area contributed by atoms with Gasteiger partial charge in [0.05, 0.1) is 0 Å². The van der Waals surface area contributed by atoms with Crippen molar-refractivity contribution in [3.05, 3.63) is 29.8 Å². The number of carbonyl (C=O) groups excluding carboxylic acids is 1. The van der Waals surface area contributed by atoms with Gasteiger partial charge in [-0.2, -0.15) is 11.8 Å². The van der Waals surface area contributed by atoms with E-state index in [2.05, 4.69) is 0 Å². The number of carboxylic acids is 1. The van der Waals surface area contributed by atoms with Crippen LogP contribution >= 0.6 is 11.8 Å². The predicted octanol–water partition coefficient (Wildman–Crippen LogP) is 1.73. The monoisotopic (exact) mass is 295 g/mol. The number of amides is 1. The van der Waals surface area contributed by atoms with E-state index in [1.165, 1.54) is 0 Å². The van der Waals surface area contributed by atoms with Gasteiger partial charge in [0.15, 0.2) is 6.61 Å². The molecule has 1 aliphatic heterocycles. The van der Waals surface area contributed by atoms with E-state index < -0.39 is 12.6 Å². The fourth-order valence-corrected chi connectivity index (χ4v) is 2.88. The highest BCUT2D eigenvalue weighted by atomic mass is 32.2. The zero-order valence-electron chi connectivity index (χ0n) is 11.1. The molecule has 0 bridgehead atoms. The summed E-state index contributed by atoms with van der Waals surface area (Å²) in [5.74, 6) is 1.40. The molecule has 5 nitrogen and oxygen atoms in total. The topological polar surface area (TPSA) is 66.8 Å². The molecule has 0 atom stereocenters. The Morgan fingerprint density at radius 2 is 2.15 bits per heavy atom. The van der Waals surface area contributed by atoms with Gasteiger partial charge in [-0.25, -0.2) is 4.79 Å². The summed E-state index contributed by atoms with van der Waals surface area (Å²) in [6, 6.07) is 6.69. The van der Waals surface area contributed by atoms with Crippen LogP contribution < -0.4 is 4.74 Å². The molecule has 0 unspecified atom stereocenters. The minimum Gasteiger partial charge on any atom is -0.482 e. The first-order valence-electron chi connectivity index (χ1n) is 6.48. The lowest BCUT2D eigenvalue weighted by Gasteiger charge is -2.20. The third-order valence-electron chi connectivity index (χ3n) is 2.95. The third kappa shape index (κ3) is 4.16. The second-order valence-electron chi connectivity index (χ2n) is 4.47. The first-order valence-corrected chi connectivity index (χ1v) is 7.64. The van der Waals surface area contributed by atoms with E-state index in [0.717, 1.165) is 31.0 Å². The molecule has 1 aromatic carbocycles. The quantitative estimate of drug-likeness (QED) is 0.916. The molecule has 1 N–H and O–H groups in total. The van der Waals surface area contributed by atoms with E-state index in [1.807, 2.05) is 16.7 Å². The van der Waals surface area contributed by atoms with Gasteiger partial charge in [-0.05, 0) is 30.4 Å². The second kappa shape index (κ2) is 7.19. The fraction of sp³-hybridized carbons (Fsp3) is 0.429. The molecule has 1 fully saturated rings. The average Bonchev–Trinajstić information content (AvgIpc) is 2.73. The Balaban J connectivity index is 2.05. The molecular weight excluding hydrogens is 278 g/mol. The van der Waals surface area contributed by atoms with Gasteiger partial charge in [-0.3, -0.25) is 4.79 Å². The van der Waals surface area contributed by atoms with Gasteiger partial charge >= 0.3 is 5.97 Å². The summed E-state index contributed by atoms with van der Waals surface area (Å²) in [7, 11) is 0. The summed E-state index contributed by atoms with van der Waals surface area (Å²) >= 11 is 1.86. The van der Waals surface area contributed by atoms with Crippen LogP contribution in [0, 0.1) is 0 Å². The van der Waals surface area contributed by atoms with E-state index in [1.54, 1.807) is 24.3 Å². The van der Waals surface area contributed by atoms with Gasteiger partial charge in [0.1, 0.15) is 5.75 Å². The number of carbonyl (C=O) groups is 2. The Labute approximate surface area is 121 Å². The van der Waals surface area contributed by atoms with Crippen LogP contribution in [-0.2, 0) is 4.79 Å². The molecule has 20 heavy (non-hydrogen) atoms. The number of ether oxygens (including phenoxy) is 1. The largest absolute Gasteiger partial charge is 0.482 e. The number of aliphatic carboxylic acids is 1. The SMILES string of the molecule is O=C(O)COc1cccc(C(=O)N2CCCSCC2)c1. The standard InChI is InChI=1S/C14H17NO4S/c16-13(17)10-19-12-4-1-3-11(9-12)14(18)15-5-2-7-20-8-6-15/h1,3-4,9H,2,5-8,10H2,(H,16,17). The fourth-order valence-electron chi connectivity index (χ4n) is 2.00. The van der Waals surface area contributed by atoms with Crippen molar-refractivity contribution in [2.24, 2.45) is 0 Å². The summed E-state index contributed by atoms with van der Waals surface area (Å²) in [4.78, 5) is 24.7. The van der Waals surface area contributed by atoms with Gasteiger partial charge in [-0.1, -0.05) is 6.07 Å². The summed E-state index contributed by atoms with van der Waals surface area (Å²) in [5.41, 5.74) is 0.541. The van der Waals surface area contributed by atoms with Crippen LogP contribution in [0.1, 0.15) is 16.8 Å². The lowest BCUT2D eigenvalue weighted by Crippen LogP contribution is -2.32. The molecule has 0 saturated carbocycles. The van der Waals surface area contributed by atoms with Crippen LogP contribution in [0.3, 0.4) is 0 Å². The molecule has 0 spiro atoms. The van der Waals surface area contributed by atoms with Crippen molar-refractivity contribution in [1.29, 1.82) is 0 Å². The highest BCUT2D eigenvalue weighted by Gasteiger charge is 2.17. The third-order valence-corrected chi connectivity index (χ3v) is 4.00. The van der Waals surface area contributed by atoms with Gasteiger partial charge in [0.25, 0.3) is 5.91 Å². The first kappa shape index (κ1) is 14.7. The smallest absolute Gasteiger partial charge is 0.341 e. The minimum absolute atomic E-state index is 0.0201. The average molecular weight is 295 g/mol. The van der Waals surface area contributed by atoms with Gasteiger partial charge in [0, 0.05) is 24.4 Å². The highest BCUT2D eigenvalue weighted by Crippen LogP contribution is 2.17. The van der Waals surface area contributed by atoms with E-state index in [4.69, 9.17) is 9.84 Å². The number of thioether (sulfide) groups is 1. The number of rotatable bonds is 4. The highest BCUT2D eigenvalue weighted by molar-refractivity contribution is 7.99. The number of nitrogens with zero attached hydrogens (tertiary/aromatic N) is 1. The Kier molecular flexibility index (Phi) is 5.29. The zero-order valence-corrected chi connectivity index (χ0v) is 11.9. The predicted molar refractivity (Wildman–Crippen MR) is 77.4 cm³/mol. The number of hydrogen-bond acceptors (Lipinski definition) is 4. The van der Waals surface area contributed by atoms with Crippen molar-refractivity contribution in [3.63, 3.8) is 0 Å². The summed E-state index contributed by atoms with van der Waals surface area (Å²) in [6.07, 6.45) is 1.01. The van der Waals surface area contributed by atoms with E-state index in [0.29, 0.717) is 11.3 Å². The van der Waals surface area contributed by atoms with Crippen molar-refractivity contribution in [1.82, 2.24) is 4.90 Å². The Morgan fingerprint density at radius 3 is 2.95 bits per heavy atom.